The molecule has 1 amide bonds. The first-order chi connectivity index (χ1) is 18.4. The normalized spacial score (nSPS) is 10.1. The van der Waals surface area contributed by atoms with Crippen LogP contribution in [0.2, 0.25) is 0 Å². The van der Waals surface area contributed by atoms with Gasteiger partial charge in [-0.25, -0.2) is 4.79 Å². The Morgan fingerprint density at radius 3 is 1.42 bits per heavy atom. The molecule has 188 valence electrons. The van der Waals surface area contributed by atoms with Crippen molar-refractivity contribution in [2.45, 2.75) is 0 Å². The smallest absolute Gasteiger partial charge is 0.335 e. The lowest BCUT2D eigenvalue weighted by atomic mass is 10.0. The molecular weight excluding hydrogens is 478 g/mol. The summed E-state index contributed by atoms with van der Waals surface area (Å²) in [6.45, 7) is 0. The van der Waals surface area contributed by atoms with Crippen molar-refractivity contribution in [1.82, 2.24) is 0 Å². The number of phenolic OH excluding ortho intramolecular Hbond substituents is 2. The van der Waals surface area contributed by atoms with Crippen LogP contribution in [0.4, 0.5) is 5.69 Å². The Balaban J connectivity index is 0.000000194. The number of benzene rings is 5. The van der Waals surface area contributed by atoms with E-state index in [0.29, 0.717) is 11.1 Å². The fourth-order valence-corrected chi connectivity index (χ4v) is 3.70. The summed E-state index contributed by atoms with van der Waals surface area (Å²) in [5, 5.41) is 30.3. The first-order valence-electron chi connectivity index (χ1n) is 11.8. The maximum Gasteiger partial charge on any atom is 0.335 e. The van der Waals surface area contributed by atoms with E-state index in [2.05, 4.69) is 5.32 Å². The van der Waals surface area contributed by atoms with Gasteiger partial charge in [0.2, 0.25) is 0 Å². The van der Waals surface area contributed by atoms with Crippen molar-refractivity contribution in [3.8, 4) is 33.8 Å². The number of hydrogen-bond donors (Lipinski definition) is 4. The predicted molar refractivity (Wildman–Crippen MR) is 148 cm³/mol. The molecule has 5 aromatic rings. The average Bonchev–Trinajstić information content (AvgIpc) is 2.96. The molecule has 38 heavy (non-hydrogen) atoms. The number of hydrogen-bond acceptors (Lipinski definition) is 4. The van der Waals surface area contributed by atoms with Crippen LogP contribution in [0.5, 0.6) is 11.5 Å². The minimum absolute atomic E-state index is 0.0623. The quantitative estimate of drug-likeness (QED) is 0.152. The standard InChI is InChI=1S/C19H15NO3.C13H10O2/c21-16-10-11-17(18(22)12-16)20-19(23)15-8-6-14(7-9-15)13-4-2-1-3-5-13;14-13(15)12-8-6-11(7-9-12)10-4-2-1-3-5-10/h1-12,21-22H,(H,20,23);1-9H,(H,14,15). The van der Waals surface area contributed by atoms with Crippen LogP contribution in [0.15, 0.2) is 127 Å². The number of rotatable bonds is 5. The summed E-state index contributed by atoms with van der Waals surface area (Å²) < 4.78 is 0. The highest BCUT2D eigenvalue weighted by molar-refractivity contribution is 6.05. The zero-order valence-corrected chi connectivity index (χ0v) is 20.3. The number of carbonyl (C=O) groups excluding carboxylic acids is 1. The topological polar surface area (TPSA) is 107 Å². The van der Waals surface area contributed by atoms with Crippen molar-refractivity contribution in [2.24, 2.45) is 0 Å². The summed E-state index contributed by atoms with van der Waals surface area (Å²) in [7, 11) is 0. The van der Waals surface area contributed by atoms with E-state index in [4.69, 9.17) is 5.11 Å². The number of aromatic carboxylic acids is 1. The second kappa shape index (κ2) is 12.1. The molecule has 0 aliphatic carbocycles. The van der Waals surface area contributed by atoms with Gasteiger partial charge in [-0.15, -0.1) is 0 Å². The van der Waals surface area contributed by atoms with Gasteiger partial charge in [-0.3, -0.25) is 4.79 Å². The molecule has 0 saturated heterocycles. The number of amides is 1. The van der Waals surface area contributed by atoms with Crippen molar-refractivity contribution in [3.05, 3.63) is 139 Å². The summed E-state index contributed by atoms with van der Waals surface area (Å²) in [4.78, 5) is 22.9. The van der Waals surface area contributed by atoms with Gasteiger partial charge in [0.15, 0.2) is 0 Å². The van der Waals surface area contributed by atoms with Crippen LogP contribution < -0.4 is 5.32 Å². The molecule has 0 unspecified atom stereocenters. The molecule has 0 fully saturated rings. The van der Waals surface area contributed by atoms with Crippen LogP contribution in [0.3, 0.4) is 0 Å². The van der Waals surface area contributed by atoms with Crippen molar-refractivity contribution >= 4 is 17.6 Å². The number of aromatic hydroxyl groups is 2. The van der Waals surface area contributed by atoms with Crippen LogP contribution in [0.1, 0.15) is 20.7 Å². The Morgan fingerprint density at radius 1 is 0.526 bits per heavy atom. The maximum atomic E-state index is 12.2. The van der Waals surface area contributed by atoms with Gasteiger partial charge in [0.1, 0.15) is 11.5 Å². The van der Waals surface area contributed by atoms with Crippen molar-refractivity contribution in [2.75, 3.05) is 5.32 Å². The molecule has 0 aromatic heterocycles. The molecule has 0 spiro atoms. The van der Waals surface area contributed by atoms with E-state index in [1.165, 1.54) is 18.2 Å². The zero-order chi connectivity index (χ0) is 26.9. The van der Waals surface area contributed by atoms with E-state index < -0.39 is 5.97 Å². The molecule has 4 N–H and O–H groups in total. The lowest BCUT2D eigenvalue weighted by molar-refractivity contribution is 0.0696. The third-order valence-electron chi connectivity index (χ3n) is 5.72. The Labute approximate surface area is 220 Å². The number of carbonyl (C=O) groups is 2. The van der Waals surface area contributed by atoms with Gasteiger partial charge in [0.25, 0.3) is 5.91 Å². The fraction of sp³-hybridized carbons (Fsp3) is 0. The molecular formula is C32H25NO5. The number of carboxylic acid groups (broad SMARTS) is 1. The van der Waals surface area contributed by atoms with Crippen LogP contribution in [-0.4, -0.2) is 27.2 Å². The highest BCUT2D eigenvalue weighted by Gasteiger charge is 2.10. The zero-order valence-electron chi connectivity index (χ0n) is 20.3. The summed E-state index contributed by atoms with van der Waals surface area (Å²) in [5.41, 5.74) is 5.27. The molecule has 0 bridgehead atoms. The van der Waals surface area contributed by atoms with Crippen molar-refractivity contribution in [1.29, 1.82) is 0 Å². The van der Waals surface area contributed by atoms with Gasteiger partial charge in [-0.1, -0.05) is 84.9 Å². The molecule has 0 radical (unpaired) electrons. The first kappa shape index (κ1) is 25.7. The van der Waals surface area contributed by atoms with Crippen molar-refractivity contribution in [3.63, 3.8) is 0 Å². The molecule has 0 aliphatic rings. The molecule has 6 nitrogen and oxygen atoms in total. The molecule has 5 rings (SSSR count). The van der Waals surface area contributed by atoms with E-state index in [1.807, 2.05) is 84.9 Å². The lowest BCUT2D eigenvalue weighted by Crippen LogP contribution is -2.11. The van der Waals surface area contributed by atoms with Crippen LogP contribution >= 0.6 is 0 Å². The molecule has 0 heterocycles. The maximum absolute atomic E-state index is 12.2. The number of carboxylic acids is 1. The van der Waals surface area contributed by atoms with E-state index in [-0.39, 0.29) is 23.1 Å². The van der Waals surface area contributed by atoms with E-state index in [0.717, 1.165) is 22.3 Å². The minimum atomic E-state index is -0.894. The third-order valence-corrected chi connectivity index (χ3v) is 5.72. The fourth-order valence-electron chi connectivity index (χ4n) is 3.70. The van der Waals surface area contributed by atoms with Gasteiger partial charge >= 0.3 is 5.97 Å². The second-order valence-electron chi connectivity index (χ2n) is 8.35. The summed E-state index contributed by atoms with van der Waals surface area (Å²) in [6, 6.07) is 37.8. The van der Waals surface area contributed by atoms with Crippen molar-refractivity contribution < 1.29 is 24.9 Å². The number of nitrogens with one attached hydrogen (secondary N) is 1. The summed E-state index contributed by atoms with van der Waals surface area (Å²) in [5.74, 6) is -1.47. The Kier molecular flexibility index (Phi) is 8.16. The Bertz CT molecular complexity index is 1510. The van der Waals surface area contributed by atoms with Crippen LogP contribution in [-0.2, 0) is 0 Å². The number of phenols is 2. The second-order valence-corrected chi connectivity index (χ2v) is 8.35. The highest BCUT2D eigenvalue weighted by Crippen LogP contribution is 2.28. The predicted octanol–water partition coefficient (Wildman–Crippen LogP) is 7.07. The van der Waals surface area contributed by atoms with Gasteiger partial charge in [-0.05, 0) is 58.7 Å². The average molecular weight is 504 g/mol. The van der Waals surface area contributed by atoms with Crippen LogP contribution in [0.25, 0.3) is 22.3 Å². The molecule has 6 heteroatoms. The minimum Gasteiger partial charge on any atom is -0.508 e. The van der Waals surface area contributed by atoms with E-state index >= 15 is 0 Å². The highest BCUT2D eigenvalue weighted by atomic mass is 16.4. The van der Waals surface area contributed by atoms with Gasteiger partial charge in [0.05, 0.1) is 11.3 Å². The summed E-state index contributed by atoms with van der Waals surface area (Å²) >= 11 is 0. The first-order valence-corrected chi connectivity index (χ1v) is 11.8. The monoisotopic (exact) mass is 503 g/mol. The largest absolute Gasteiger partial charge is 0.508 e. The van der Waals surface area contributed by atoms with Gasteiger partial charge in [0, 0.05) is 11.6 Å². The molecule has 0 saturated carbocycles. The molecule has 0 atom stereocenters. The van der Waals surface area contributed by atoms with Gasteiger partial charge in [-0.2, -0.15) is 0 Å². The van der Waals surface area contributed by atoms with E-state index in [1.54, 1.807) is 24.3 Å². The SMILES string of the molecule is O=C(Nc1ccc(O)cc1O)c1ccc(-c2ccccc2)cc1.O=C(O)c1ccc(-c2ccccc2)cc1. The molecule has 5 aromatic carbocycles. The molecule has 0 aliphatic heterocycles. The Hall–Kier alpha value is -5.36. The summed E-state index contributed by atoms with van der Waals surface area (Å²) in [6.07, 6.45) is 0. The third kappa shape index (κ3) is 6.65. The van der Waals surface area contributed by atoms with Gasteiger partial charge < -0.3 is 20.6 Å². The van der Waals surface area contributed by atoms with E-state index in [9.17, 15) is 19.8 Å². The van der Waals surface area contributed by atoms with Crippen LogP contribution in [0, 0.1) is 0 Å². The Morgan fingerprint density at radius 2 is 0.974 bits per heavy atom. The number of anilines is 1. The lowest BCUT2D eigenvalue weighted by Gasteiger charge is -2.08.